The Labute approximate surface area is 111 Å². The molecule has 1 amide bonds. The van der Waals surface area contributed by atoms with E-state index in [4.69, 9.17) is 5.73 Å². The molecular formula is C13H17N3O3. The molecule has 0 aliphatic carbocycles. The molecule has 19 heavy (non-hydrogen) atoms. The minimum absolute atomic E-state index is 0.0444. The Morgan fingerprint density at radius 1 is 1.37 bits per heavy atom. The molecule has 1 saturated heterocycles. The van der Waals surface area contributed by atoms with Crippen molar-refractivity contribution in [3.05, 3.63) is 39.4 Å². The lowest BCUT2D eigenvalue weighted by Gasteiger charge is -2.30. The lowest BCUT2D eigenvalue weighted by Crippen LogP contribution is -2.42. The summed E-state index contributed by atoms with van der Waals surface area (Å²) in [4.78, 5) is 24.3. The van der Waals surface area contributed by atoms with Gasteiger partial charge in [0.05, 0.1) is 4.92 Å². The Morgan fingerprint density at radius 3 is 2.58 bits per heavy atom. The van der Waals surface area contributed by atoms with Gasteiger partial charge in [0.15, 0.2) is 0 Å². The van der Waals surface area contributed by atoms with Gasteiger partial charge in [0.1, 0.15) is 0 Å². The third kappa shape index (κ3) is 3.08. The summed E-state index contributed by atoms with van der Waals surface area (Å²) in [5, 5.41) is 10.8. The maximum atomic E-state index is 12.3. The molecule has 1 fully saturated rings. The molecule has 0 bridgehead atoms. The highest BCUT2D eigenvalue weighted by Crippen LogP contribution is 2.19. The molecule has 0 saturated carbocycles. The molecule has 6 heteroatoms. The number of hydrogen-bond acceptors (Lipinski definition) is 4. The second-order valence-corrected chi connectivity index (χ2v) is 4.94. The van der Waals surface area contributed by atoms with Crippen LogP contribution in [-0.2, 0) is 0 Å². The zero-order valence-corrected chi connectivity index (χ0v) is 10.8. The second kappa shape index (κ2) is 5.36. The van der Waals surface area contributed by atoms with Gasteiger partial charge in [0, 0.05) is 36.8 Å². The Bertz CT molecular complexity index is 508. The van der Waals surface area contributed by atoms with Crippen LogP contribution < -0.4 is 5.73 Å². The third-order valence-electron chi connectivity index (χ3n) is 3.35. The summed E-state index contributed by atoms with van der Waals surface area (Å²) in [5.74, 6) is -0.154. The van der Waals surface area contributed by atoms with Crippen LogP contribution in [0.1, 0.15) is 28.8 Å². The van der Waals surface area contributed by atoms with Gasteiger partial charge in [-0.3, -0.25) is 14.9 Å². The number of rotatable bonds is 2. The van der Waals surface area contributed by atoms with Crippen LogP contribution in [0.5, 0.6) is 0 Å². The summed E-state index contributed by atoms with van der Waals surface area (Å²) < 4.78 is 0. The van der Waals surface area contributed by atoms with Crippen LogP contribution in [0.3, 0.4) is 0 Å². The lowest BCUT2D eigenvalue weighted by atomic mass is 10.0. The zero-order valence-electron chi connectivity index (χ0n) is 10.8. The molecule has 0 spiro atoms. The van der Waals surface area contributed by atoms with Gasteiger partial charge in [-0.2, -0.15) is 0 Å². The van der Waals surface area contributed by atoms with E-state index in [2.05, 4.69) is 0 Å². The molecule has 2 rings (SSSR count). The monoisotopic (exact) mass is 263 g/mol. The van der Waals surface area contributed by atoms with Gasteiger partial charge < -0.3 is 10.6 Å². The van der Waals surface area contributed by atoms with E-state index in [1.54, 1.807) is 17.9 Å². The van der Waals surface area contributed by atoms with Crippen LogP contribution in [0.25, 0.3) is 0 Å². The first kappa shape index (κ1) is 13.5. The average Bonchev–Trinajstić information content (AvgIpc) is 2.38. The number of nitrogens with zero attached hydrogens (tertiary/aromatic N) is 2. The van der Waals surface area contributed by atoms with Crippen molar-refractivity contribution in [2.75, 3.05) is 13.1 Å². The van der Waals surface area contributed by atoms with E-state index in [1.807, 2.05) is 0 Å². The number of amides is 1. The average molecular weight is 263 g/mol. The smallest absolute Gasteiger partial charge is 0.270 e. The van der Waals surface area contributed by atoms with Crippen molar-refractivity contribution in [1.82, 2.24) is 4.90 Å². The molecule has 1 aromatic rings. The van der Waals surface area contributed by atoms with Crippen LogP contribution in [0.15, 0.2) is 18.2 Å². The van der Waals surface area contributed by atoms with Crippen LogP contribution in [0.2, 0.25) is 0 Å². The highest BCUT2D eigenvalue weighted by Gasteiger charge is 2.23. The summed E-state index contributed by atoms with van der Waals surface area (Å²) in [6, 6.07) is 4.63. The van der Waals surface area contributed by atoms with E-state index >= 15 is 0 Å². The summed E-state index contributed by atoms with van der Waals surface area (Å²) in [7, 11) is 0. The first-order chi connectivity index (χ1) is 8.97. The first-order valence-corrected chi connectivity index (χ1v) is 6.28. The van der Waals surface area contributed by atoms with Crippen molar-refractivity contribution < 1.29 is 9.72 Å². The number of likely N-dealkylation sites (tertiary alicyclic amines) is 1. The maximum absolute atomic E-state index is 12.3. The van der Waals surface area contributed by atoms with Gasteiger partial charge >= 0.3 is 0 Å². The molecule has 1 aliphatic heterocycles. The predicted octanol–water partition coefficient (Wildman–Crippen LogP) is 1.47. The third-order valence-corrected chi connectivity index (χ3v) is 3.35. The number of aryl methyl sites for hydroxylation is 1. The summed E-state index contributed by atoms with van der Waals surface area (Å²) in [6.07, 6.45) is 1.55. The highest BCUT2D eigenvalue weighted by molar-refractivity contribution is 5.95. The van der Waals surface area contributed by atoms with Crippen molar-refractivity contribution in [3.63, 3.8) is 0 Å². The van der Waals surface area contributed by atoms with E-state index in [0.29, 0.717) is 24.2 Å². The first-order valence-electron chi connectivity index (χ1n) is 6.28. The SMILES string of the molecule is Cc1cc(C(=O)N2CCC(N)CC2)cc([N+](=O)[O-])c1. The fraction of sp³-hybridized carbons (Fsp3) is 0.462. The van der Waals surface area contributed by atoms with Gasteiger partial charge in [-0.05, 0) is 31.4 Å². The van der Waals surface area contributed by atoms with Crippen molar-refractivity contribution in [2.24, 2.45) is 5.73 Å². The molecule has 0 unspecified atom stereocenters. The molecule has 6 nitrogen and oxygen atoms in total. The molecular weight excluding hydrogens is 246 g/mol. The fourth-order valence-corrected chi connectivity index (χ4v) is 2.28. The van der Waals surface area contributed by atoms with Gasteiger partial charge in [-0.25, -0.2) is 0 Å². The summed E-state index contributed by atoms with van der Waals surface area (Å²) >= 11 is 0. The number of nitro benzene ring substituents is 1. The summed E-state index contributed by atoms with van der Waals surface area (Å²) in [5.41, 5.74) is 6.84. The van der Waals surface area contributed by atoms with E-state index in [9.17, 15) is 14.9 Å². The van der Waals surface area contributed by atoms with E-state index in [0.717, 1.165) is 12.8 Å². The standard InChI is InChI=1S/C13H17N3O3/c1-9-6-10(8-12(7-9)16(18)19)13(17)15-4-2-11(14)3-5-15/h6-8,11H,2-5,14H2,1H3. The summed E-state index contributed by atoms with van der Waals surface area (Å²) in [6.45, 7) is 2.97. The van der Waals surface area contributed by atoms with Crippen molar-refractivity contribution in [3.8, 4) is 0 Å². The van der Waals surface area contributed by atoms with Gasteiger partial charge in [0.25, 0.3) is 11.6 Å². The van der Waals surface area contributed by atoms with Gasteiger partial charge in [-0.15, -0.1) is 0 Å². The maximum Gasteiger partial charge on any atom is 0.270 e. The van der Waals surface area contributed by atoms with Crippen LogP contribution in [0, 0.1) is 17.0 Å². The van der Waals surface area contributed by atoms with E-state index < -0.39 is 4.92 Å². The van der Waals surface area contributed by atoms with Crippen LogP contribution >= 0.6 is 0 Å². The van der Waals surface area contributed by atoms with Crippen molar-refractivity contribution in [2.45, 2.75) is 25.8 Å². The molecule has 0 atom stereocenters. The number of nitro groups is 1. The predicted molar refractivity (Wildman–Crippen MR) is 70.9 cm³/mol. The lowest BCUT2D eigenvalue weighted by molar-refractivity contribution is -0.384. The number of carbonyl (C=O) groups is 1. The second-order valence-electron chi connectivity index (χ2n) is 4.94. The van der Waals surface area contributed by atoms with Crippen molar-refractivity contribution >= 4 is 11.6 Å². The quantitative estimate of drug-likeness (QED) is 0.646. The number of nitrogens with two attached hydrogens (primary N) is 1. The molecule has 1 aliphatic rings. The van der Waals surface area contributed by atoms with E-state index in [-0.39, 0.29) is 17.6 Å². The Hall–Kier alpha value is -1.95. The molecule has 0 aromatic heterocycles. The Morgan fingerprint density at radius 2 is 2.00 bits per heavy atom. The number of carbonyl (C=O) groups excluding carboxylic acids is 1. The topological polar surface area (TPSA) is 89.5 Å². The van der Waals surface area contributed by atoms with Gasteiger partial charge in [-0.1, -0.05) is 0 Å². The van der Waals surface area contributed by atoms with Crippen LogP contribution in [-0.4, -0.2) is 34.9 Å². The fourth-order valence-electron chi connectivity index (χ4n) is 2.28. The highest BCUT2D eigenvalue weighted by atomic mass is 16.6. The molecule has 0 radical (unpaired) electrons. The number of non-ortho nitro benzene ring substituents is 1. The minimum atomic E-state index is -0.476. The number of benzene rings is 1. The Kier molecular flexibility index (Phi) is 3.80. The number of piperidine rings is 1. The minimum Gasteiger partial charge on any atom is -0.339 e. The van der Waals surface area contributed by atoms with Gasteiger partial charge in [0.2, 0.25) is 0 Å². The largest absolute Gasteiger partial charge is 0.339 e. The normalized spacial score (nSPS) is 16.4. The Balaban J connectivity index is 2.21. The molecule has 2 N–H and O–H groups in total. The van der Waals surface area contributed by atoms with Crippen LogP contribution in [0.4, 0.5) is 5.69 Å². The van der Waals surface area contributed by atoms with Crippen molar-refractivity contribution in [1.29, 1.82) is 0 Å². The molecule has 102 valence electrons. The molecule has 1 aromatic carbocycles. The molecule has 1 heterocycles. The number of hydrogen-bond donors (Lipinski definition) is 1. The zero-order chi connectivity index (χ0) is 14.0. The van der Waals surface area contributed by atoms with E-state index in [1.165, 1.54) is 12.1 Å².